The number of aliphatic carboxylic acids is 1. The highest BCUT2D eigenvalue weighted by molar-refractivity contribution is 5.81. The van der Waals surface area contributed by atoms with E-state index in [9.17, 15) is 14.4 Å². The molecule has 0 unspecified atom stereocenters. The molecule has 0 bridgehead atoms. The van der Waals surface area contributed by atoms with E-state index in [0.717, 1.165) is 5.56 Å². The van der Waals surface area contributed by atoms with Gasteiger partial charge in [0.05, 0.1) is 6.42 Å². The van der Waals surface area contributed by atoms with Gasteiger partial charge in [-0.3, -0.25) is 14.4 Å². The summed E-state index contributed by atoms with van der Waals surface area (Å²) in [7, 11) is 0. The lowest BCUT2D eigenvalue weighted by Gasteiger charge is -2.23. The fourth-order valence-electron chi connectivity index (χ4n) is 2.28. The van der Waals surface area contributed by atoms with Gasteiger partial charge in [-0.15, -0.1) is 0 Å². The average Bonchev–Trinajstić information content (AvgIpc) is 2.43. The second-order valence-corrected chi connectivity index (χ2v) is 6.85. The first-order valence-electron chi connectivity index (χ1n) is 8.02. The Bertz CT molecular complexity index is 564. The van der Waals surface area contributed by atoms with E-state index in [2.05, 4.69) is 10.6 Å². The first-order chi connectivity index (χ1) is 11.2. The third kappa shape index (κ3) is 8.92. The zero-order valence-electron chi connectivity index (χ0n) is 14.5. The summed E-state index contributed by atoms with van der Waals surface area (Å²) in [6.45, 7) is 5.53. The van der Waals surface area contributed by atoms with Crippen LogP contribution in [0, 0.1) is 0 Å². The molecule has 6 nitrogen and oxygen atoms in total. The summed E-state index contributed by atoms with van der Waals surface area (Å²) in [5, 5.41) is 14.4. The third-order valence-corrected chi connectivity index (χ3v) is 3.22. The van der Waals surface area contributed by atoms with Gasteiger partial charge >= 0.3 is 5.97 Å². The molecule has 0 aromatic heterocycles. The fourth-order valence-corrected chi connectivity index (χ4v) is 2.28. The van der Waals surface area contributed by atoms with Crippen LogP contribution in [0.25, 0.3) is 0 Å². The molecule has 0 spiro atoms. The van der Waals surface area contributed by atoms with Gasteiger partial charge < -0.3 is 15.7 Å². The van der Waals surface area contributed by atoms with Crippen LogP contribution in [-0.2, 0) is 20.8 Å². The SMILES string of the molecule is CC(C)(C)NC(=O)C[C@H](CC(=O)O)NC(=O)CCc1ccccc1. The van der Waals surface area contributed by atoms with Crippen molar-refractivity contribution in [2.24, 2.45) is 0 Å². The van der Waals surface area contributed by atoms with Gasteiger partial charge in [0.25, 0.3) is 0 Å². The van der Waals surface area contributed by atoms with Gasteiger partial charge in [-0.1, -0.05) is 30.3 Å². The standard InChI is InChI=1S/C18H26N2O4/c1-18(2,3)20-16(22)11-14(12-17(23)24)19-15(21)10-9-13-7-5-4-6-8-13/h4-8,14H,9-12H2,1-3H3,(H,19,21)(H,20,22)(H,23,24)/t14-/m1/s1. The molecule has 1 aromatic rings. The minimum Gasteiger partial charge on any atom is -0.481 e. The van der Waals surface area contributed by atoms with Crippen LogP contribution in [0.3, 0.4) is 0 Å². The van der Waals surface area contributed by atoms with Crippen molar-refractivity contribution in [1.82, 2.24) is 10.6 Å². The van der Waals surface area contributed by atoms with E-state index in [1.807, 2.05) is 51.1 Å². The van der Waals surface area contributed by atoms with Crippen molar-refractivity contribution >= 4 is 17.8 Å². The van der Waals surface area contributed by atoms with Crippen LogP contribution < -0.4 is 10.6 Å². The summed E-state index contributed by atoms with van der Waals surface area (Å²) in [4.78, 5) is 34.9. The lowest BCUT2D eigenvalue weighted by molar-refractivity contribution is -0.137. The van der Waals surface area contributed by atoms with E-state index in [4.69, 9.17) is 5.11 Å². The molecule has 0 saturated heterocycles. The summed E-state index contributed by atoms with van der Waals surface area (Å²) in [5.74, 6) is -1.59. The molecule has 0 radical (unpaired) electrons. The zero-order valence-corrected chi connectivity index (χ0v) is 14.5. The molecule has 24 heavy (non-hydrogen) atoms. The highest BCUT2D eigenvalue weighted by Gasteiger charge is 2.22. The quantitative estimate of drug-likeness (QED) is 0.676. The number of hydrogen-bond acceptors (Lipinski definition) is 3. The summed E-state index contributed by atoms with van der Waals surface area (Å²) < 4.78 is 0. The van der Waals surface area contributed by atoms with Crippen LogP contribution in [0.4, 0.5) is 0 Å². The van der Waals surface area contributed by atoms with E-state index in [-0.39, 0.29) is 31.1 Å². The minimum atomic E-state index is -1.05. The van der Waals surface area contributed by atoms with Crippen LogP contribution in [-0.4, -0.2) is 34.5 Å². The second-order valence-electron chi connectivity index (χ2n) is 6.85. The van der Waals surface area contributed by atoms with Gasteiger partial charge in [0, 0.05) is 24.4 Å². The van der Waals surface area contributed by atoms with Crippen molar-refractivity contribution in [3.8, 4) is 0 Å². The average molecular weight is 334 g/mol. The molecule has 0 saturated carbocycles. The Hall–Kier alpha value is -2.37. The van der Waals surface area contributed by atoms with Gasteiger partial charge in [0.1, 0.15) is 0 Å². The summed E-state index contributed by atoms with van der Waals surface area (Å²) >= 11 is 0. The van der Waals surface area contributed by atoms with Crippen LogP contribution >= 0.6 is 0 Å². The maximum absolute atomic E-state index is 12.0. The predicted octanol–water partition coefficient (Wildman–Crippen LogP) is 1.88. The van der Waals surface area contributed by atoms with Crippen molar-refractivity contribution in [3.63, 3.8) is 0 Å². The normalized spacial score (nSPS) is 12.3. The molecule has 6 heteroatoms. The number of rotatable bonds is 8. The lowest BCUT2D eigenvalue weighted by Crippen LogP contribution is -2.45. The summed E-state index contributed by atoms with van der Waals surface area (Å²) in [6, 6.07) is 8.85. The molecule has 1 rings (SSSR count). The highest BCUT2D eigenvalue weighted by atomic mass is 16.4. The molecule has 0 aliphatic carbocycles. The number of amides is 2. The maximum Gasteiger partial charge on any atom is 0.305 e. The lowest BCUT2D eigenvalue weighted by atomic mass is 10.1. The second kappa shape index (κ2) is 9.05. The first kappa shape index (κ1) is 19.7. The van der Waals surface area contributed by atoms with Gasteiger partial charge in [0.15, 0.2) is 0 Å². The number of nitrogens with one attached hydrogen (secondary N) is 2. The third-order valence-electron chi connectivity index (χ3n) is 3.22. The number of benzene rings is 1. The van der Waals surface area contributed by atoms with Gasteiger partial charge in [-0.05, 0) is 32.8 Å². The van der Waals surface area contributed by atoms with E-state index in [0.29, 0.717) is 6.42 Å². The molecule has 132 valence electrons. The largest absolute Gasteiger partial charge is 0.481 e. The Morgan fingerprint density at radius 3 is 2.21 bits per heavy atom. The van der Waals surface area contributed by atoms with Gasteiger partial charge in [0.2, 0.25) is 11.8 Å². The van der Waals surface area contributed by atoms with E-state index in [1.165, 1.54) is 0 Å². The number of carbonyl (C=O) groups is 3. The van der Waals surface area contributed by atoms with Crippen molar-refractivity contribution in [2.75, 3.05) is 0 Å². The Morgan fingerprint density at radius 2 is 1.67 bits per heavy atom. The van der Waals surface area contributed by atoms with Gasteiger partial charge in [-0.2, -0.15) is 0 Å². The van der Waals surface area contributed by atoms with E-state index >= 15 is 0 Å². The molecule has 2 amide bonds. The Labute approximate surface area is 142 Å². The molecule has 1 aromatic carbocycles. The van der Waals surface area contributed by atoms with E-state index < -0.39 is 17.6 Å². The molecule has 0 aliphatic heterocycles. The molecular weight excluding hydrogens is 308 g/mol. The van der Waals surface area contributed by atoms with Gasteiger partial charge in [-0.25, -0.2) is 0 Å². The maximum atomic E-state index is 12.0. The highest BCUT2D eigenvalue weighted by Crippen LogP contribution is 2.06. The Morgan fingerprint density at radius 1 is 1.04 bits per heavy atom. The molecule has 3 N–H and O–H groups in total. The Kier molecular flexibility index (Phi) is 7.42. The van der Waals surface area contributed by atoms with Crippen molar-refractivity contribution in [3.05, 3.63) is 35.9 Å². The number of aryl methyl sites for hydroxylation is 1. The number of carboxylic acid groups (broad SMARTS) is 1. The summed E-state index contributed by atoms with van der Waals surface area (Å²) in [5.41, 5.74) is 0.634. The molecule has 0 fully saturated rings. The van der Waals surface area contributed by atoms with Crippen LogP contribution in [0.15, 0.2) is 30.3 Å². The van der Waals surface area contributed by atoms with Crippen molar-refractivity contribution in [1.29, 1.82) is 0 Å². The first-order valence-corrected chi connectivity index (χ1v) is 8.02. The van der Waals surface area contributed by atoms with Crippen molar-refractivity contribution < 1.29 is 19.5 Å². The predicted molar refractivity (Wildman–Crippen MR) is 91.5 cm³/mol. The molecular formula is C18H26N2O4. The smallest absolute Gasteiger partial charge is 0.305 e. The molecule has 1 atom stereocenters. The summed E-state index contributed by atoms with van der Waals surface area (Å²) in [6.07, 6.45) is 0.483. The number of carbonyl (C=O) groups excluding carboxylic acids is 2. The monoisotopic (exact) mass is 334 g/mol. The number of carboxylic acids is 1. The van der Waals surface area contributed by atoms with Crippen LogP contribution in [0.1, 0.15) is 45.6 Å². The Balaban J connectivity index is 2.53. The minimum absolute atomic E-state index is 0.0549. The zero-order chi connectivity index (χ0) is 18.2. The molecule has 0 aliphatic rings. The van der Waals surface area contributed by atoms with Crippen LogP contribution in [0.2, 0.25) is 0 Å². The number of hydrogen-bond donors (Lipinski definition) is 3. The topological polar surface area (TPSA) is 95.5 Å². The van der Waals surface area contributed by atoms with Crippen LogP contribution in [0.5, 0.6) is 0 Å². The van der Waals surface area contributed by atoms with E-state index in [1.54, 1.807) is 0 Å². The van der Waals surface area contributed by atoms with Crippen molar-refractivity contribution in [2.45, 2.75) is 58.0 Å². The fraction of sp³-hybridized carbons (Fsp3) is 0.500. The molecule has 0 heterocycles.